The number of aryl methyl sites for hydroxylation is 2. The number of phenols is 1. The number of aromatic hydroxyl groups is 1. The van der Waals surface area contributed by atoms with Crippen LogP contribution in [0.25, 0.3) is 21.9 Å². The molecule has 0 aliphatic carbocycles. The predicted molar refractivity (Wildman–Crippen MR) is 88.7 cm³/mol. The zero-order chi connectivity index (χ0) is 14.3. The fraction of sp³-hybridized carbons (Fsp3) is 0.111. The van der Waals surface area contributed by atoms with Crippen molar-refractivity contribution in [2.45, 2.75) is 13.8 Å². The van der Waals surface area contributed by atoms with Gasteiger partial charge in [-0.2, -0.15) is 0 Å². The summed E-state index contributed by atoms with van der Waals surface area (Å²) >= 11 is 0. The highest BCUT2D eigenvalue weighted by molar-refractivity contribution is 6.35. The molecule has 0 aliphatic heterocycles. The molecule has 1 N–H and O–H groups in total. The largest absolute Gasteiger partial charge is 0.508 e. The lowest BCUT2D eigenvalue weighted by Crippen LogP contribution is -2.05. The molecule has 0 heterocycles. The summed E-state index contributed by atoms with van der Waals surface area (Å²) in [6.07, 6.45) is 0. The Morgan fingerprint density at radius 3 is 2.50 bits per heavy atom. The molecule has 98 valence electrons. The van der Waals surface area contributed by atoms with Crippen molar-refractivity contribution in [1.82, 2.24) is 0 Å². The van der Waals surface area contributed by atoms with Crippen molar-refractivity contribution in [2.75, 3.05) is 0 Å². The molecule has 0 saturated heterocycles. The topological polar surface area (TPSA) is 20.2 Å². The molecule has 0 unspecified atom stereocenters. The Hall–Kier alpha value is -2.22. The number of hydrogen-bond donors (Lipinski definition) is 1. The van der Waals surface area contributed by atoms with E-state index in [9.17, 15) is 5.11 Å². The quantitative estimate of drug-likeness (QED) is 0.666. The molecule has 3 aromatic rings. The molecule has 0 atom stereocenters. The number of rotatable bonds is 1. The summed E-state index contributed by atoms with van der Waals surface area (Å²) < 4.78 is 0. The Bertz CT molecular complexity index is 806. The highest BCUT2D eigenvalue weighted by Crippen LogP contribution is 2.36. The van der Waals surface area contributed by atoms with E-state index in [0.29, 0.717) is 5.75 Å². The van der Waals surface area contributed by atoms with Gasteiger partial charge in [0.05, 0.1) is 0 Å². The van der Waals surface area contributed by atoms with E-state index in [1.165, 1.54) is 21.9 Å². The molecule has 3 aromatic carbocycles. The summed E-state index contributed by atoms with van der Waals surface area (Å²) in [6.45, 7) is 4.16. The molecule has 3 rings (SSSR count). The van der Waals surface area contributed by atoms with Crippen LogP contribution in [0, 0.1) is 13.8 Å². The summed E-state index contributed by atoms with van der Waals surface area (Å²) in [5.74, 6) is 0.384. The predicted octanol–water partition coefficient (Wildman–Crippen LogP) is 3.09. The lowest BCUT2D eigenvalue weighted by Gasteiger charge is -2.14. The van der Waals surface area contributed by atoms with Crippen LogP contribution in [0.2, 0.25) is 0 Å². The average Bonchev–Trinajstić information content (AvgIpc) is 2.43. The van der Waals surface area contributed by atoms with Gasteiger partial charge in [0.25, 0.3) is 0 Å². The summed E-state index contributed by atoms with van der Waals surface area (Å²) in [5.41, 5.74) is 5.34. The van der Waals surface area contributed by atoms with E-state index in [2.05, 4.69) is 44.2 Å². The smallest absolute Gasteiger partial charge is 0.144 e. The maximum atomic E-state index is 10.5. The van der Waals surface area contributed by atoms with Gasteiger partial charge in [-0.1, -0.05) is 48.0 Å². The van der Waals surface area contributed by atoms with Crippen molar-refractivity contribution in [3.63, 3.8) is 0 Å². The molecule has 20 heavy (non-hydrogen) atoms. The maximum Gasteiger partial charge on any atom is 0.144 e. The van der Waals surface area contributed by atoms with Gasteiger partial charge in [0, 0.05) is 5.56 Å². The molecule has 0 saturated carbocycles. The molecule has 0 fully saturated rings. The molecule has 0 spiro atoms. The number of benzene rings is 3. The van der Waals surface area contributed by atoms with Gasteiger partial charge in [0.1, 0.15) is 13.6 Å². The molecule has 0 bridgehead atoms. The molecule has 0 aliphatic rings. The van der Waals surface area contributed by atoms with Crippen LogP contribution in [0.15, 0.2) is 48.5 Å². The van der Waals surface area contributed by atoms with Crippen LogP contribution >= 0.6 is 0 Å². The zero-order valence-corrected chi connectivity index (χ0v) is 12.1. The van der Waals surface area contributed by atoms with E-state index in [0.717, 1.165) is 16.6 Å². The Morgan fingerprint density at radius 1 is 0.950 bits per heavy atom. The van der Waals surface area contributed by atoms with Gasteiger partial charge in [-0.25, -0.2) is 0 Å². The second-order valence-corrected chi connectivity index (χ2v) is 5.46. The van der Waals surface area contributed by atoms with Gasteiger partial charge in [-0.05, 0) is 47.3 Å². The molecule has 1 nitrogen and oxygen atoms in total. The second kappa shape index (κ2) is 4.71. The first-order chi connectivity index (χ1) is 9.58. The third kappa shape index (κ3) is 1.98. The summed E-state index contributed by atoms with van der Waals surface area (Å²) in [5, 5.41) is 12.8. The Balaban J connectivity index is 2.43. The standard InChI is InChI=1S/C18H17BO/c1-11-9-15(18(20)16(19)10-11)17-12(2)7-8-13-5-3-4-6-14(13)17/h3-10,20H,19H2,1-2H3. The van der Waals surface area contributed by atoms with Crippen LogP contribution in [-0.2, 0) is 0 Å². The van der Waals surface area contributed by atoms with Crippen molar-refractivity contribution in [3.8, 4) is 16.9 Å². The monoisotopic (exact) mass is 260 g/mol. The number of phenolic OH excluding ortho intramolecular Hbond substituents is 1. The van der Waals surface area contributed by atoms with Crippen LogP contribution in [-0.4, -0.2) is 13.0 Å². The second-order valence-electron chi connectivity index (χ2n) is 5.46. The van der Waals surface area contributed by atoms with Crippen molar-refractivity contribution in [3.05, 3.63) is 59.7 Å². The van der Waals surface area contributed by atoms with Crippen LogP contribution in [0.4, 0.5) is 0 Å². The number of fused-ring (bicyclic) bond motifs is 1. The fourth-order valence-electron chi connectivity index (χ4n) is 2.89. The van der Waals surface area contributed by atoms with Gasteiger partial charge >= 0.3 is 0 Å². The molecular weight excluding hydrogens is 243 g/mol. The molecular formula is C18H17BO. The molecule has 2 heteroatoms. The van der Waals surface area contributed by atoms with Crippen LogP contribution in [0.5, 0.6) is 5.75 Å². The fourth-order valence-corrected chi connectivity index (χ4v) is 2.89. The van der Waals surface area contributed by atoms with Crippen LogP contribution < -0.4 is 5.46 Å². The van der Waals surface area contributed by atoms with Crippen LogP contribution in [0.3, 0.4) is 0 Å². The lowest BCUT2D eigenvalue weighted by atomic mass is 9.86. The SMILES string of the molecule is Bc1cc(C)cc(-c2c(C)ccc3ccccc23)c1O. The normalized spacial score (nSPS) is 10.9. The van der Waals surface area contributed by atoms with Crippen molar-refractivity contribution < 1.29 is 5.11 Å². The number of hydrogen-bond acceptors (Lipinski definition) is 1. The van der Waals surface area contributed by atoms with E-state index in [1.54, 1.807) is 0 Å². The molecule has 0 radical (unpaired) electrons. The highest BCUT2D eigenvalue weighted by atomic mass is 16.3. The van der Waals surface area contributed by atoms with E-state index in [4.69, 9.17) is 0 Å². The lowest BCUT2D eigenvalue weighted by molar-refractivity contribution is 0.481. The Morgan fingerprint density at radius 2 is 1.70 bits per heavy atom. The average molecular weight is 260 g/mol. The van der Waals surface area contributed by atoms with Crippen molar-refractivity contribution in [2.24, 2.45) is 0 Å². The minimum atomic E-state index is 0.384. The first-order valence-electron chi connectivity index (χ1n) is 6.87. The third-order valence-electron chi connectivity index (χ3n) is 3.85. The maximum absolute atomic E-state index is 10.5. The van der Waals surface area contributed by atoms with Gasteiger partial charge in [0.2, 0.25) is 0 Å². The van der Waals surface area contributed by atoms with E-state index < -0.39 is 0 Å². The Labute approximate surface area is 120 Å². The molecule has 0 amide bonds. The summed E-state index contributed by atoms with van der Waals surface area (Å²) in [4.78, 5) is 0. The van der Waals surface area contributed by atoms with Gasteiger partial charge in [-0.3, -0.25) is 0 Å². The first-order valence-corrected chi connectivity index (χ1v) is 6.87. The first kappa shape index (κ1) is 12.8. The van der Waals surface area contributed by atoms with Gasteiger partial charge < -0.3 is 5.11 Å². The van der Waals surface area contributed by atoms with Crippen LogP contribution in [0.1, 0.15) is 11.1 Å². The van der Waals surface area contributed by atoms with Crippen molar-refractivity contribution in [1.29, 1.82) is 0 Å². The highest BCUT2D eigenvalue weighted by Gasteiger charge is 2.13. The van der Waals surface area contributed by atoms with E-state index in [1.807, 2.05) is 26.0 Å². The van der Waals surface area contributed by atoms with E-state index in [-0.39, 0.29) is 0 Å². The summed E-state index contributed by atoms with van der Waals surface area (Å²) in [7, 11) is 1.95. The van der Waals surface area contributed by atoms with Gasteiger partial charge in [-0.15, -0.1) is 0 Å². The van der Waals surface area contributed by atoms with Gasteiger partial charge in [0.15, 0.2) is 0 Å². The van der Waals surface area contributed by atoms with E-state index >= 15 is 0 Å². The summed E-state index contributed by atoms with van der Waals surface area (Å²) in [6, 6.07) is 16.7. The minimum absolute atomic E-state index is 0.384. The molecule has 0 aromatic heterocycles. The third-order valence-corrected chi connectivity index (χ3v) is 3.85. The Kier molecular flexibility index (Phi) is 3.02. The van der Waals surface area contributed by atoms with Crippen molar-refractivity contribution >= 4 is 24.1 Å². The zero-order valence-electron chi connectivity index (χ0n) is 12.1. The minimum Gasteiger partial charge on any atom is -0.508 e.